The SMILES string of the molecule is CCn1c(C)nc2cc(C(=O)NNC(C(=O)Nc3ccc(F)cc3)c3ccccc3)ccc21. The molecule has 0 radical (unpaired) electrons. The van der Waals surface area contributed by atoms with Gasteiger partial charge in [-0.1, -0.05) is 30.3 Å². The molecule has 0 aliphatic rings. The van der Waals surface area contributed by atoms with E-state index in [9.17, 15) is 14.0 Å². The van der Waals surface area contributed by atoms with Gasteiger partial charge in [-0.15, -0.1) is 0 Å². The van der Waals surface area contributed by atoms with E-state index in [1.54, 1.807) is 36.4 Å². The average Bonchev–Trinajstić information content (AvgIpc) is 3.15. The van der Waals surface area contributed by atoms with Crippen LogP contribution in [-0.2, 0) is 11.3 Å². The normalized spacial score (nSPS) is 11.8. The highest BCUT2D eigenvalue weighted by Crippen LogP contribution is 2.19. The molecular weight excluding hydrogens is 421 g/mol. The van der Waals surface area contributed by atoms with Gasteiger partial charge in [-0.3, -0.25) is 15.0 Å². The summed E-state index contributed by atoms with van der Waals surface area (Å²) in [6, 6.07) is 18.9. The van der Waals surface area contributed by atoms with Crippen molar-refractivity contribution in [2.75, 3.05) is 5.32 Å². The summed E-state index contributed by atoms with van der Waals surface area (Å²) in [6.07, 6.45) is 0. The molecule has 1 aromatic heterocycles. The second kappa shape index (κ2) is 9.62. The summed E-state index contributed by atoms with van der Waals surface area (Å²) in [5.74, 6) is -0.310. The summed E-state index contributed by atoms with van der Waals surface area (Å²) in [5, 5.41) is 2.74. The van der Waals surface area contributed by atoms with Crippen molar-refractivity contribution in [3.8, 4) is 0 Å². The molecule has 1 atom stereocenters. The van der Waals surface area contributed by atoms with E-state index in [1.165, 1.54) is 24.3 Å². The van der Waals surface area contributed by atoms with Gasteiger partial charge in [-0.2, -0.15) is 0 Å². The first-order valence-corrected chi connectivity index (χ1v) is 10.6. The number of anilines is 1. The number of imidazole rings is 1. The third-order valence-electron chi connectivity index (χ3n) is 5.35. The highest BCUT2D eigenvalue weighted by atomic mass is 19.1. The molecular formula is C25H24FN5O2. The van der Waals surface area contributed by atoms with Gasteiger partial charge in [-0.05, 0) is 61.9 Å². The number of fused-ring (bicyclic) bond motifs is 1. The second-order valence-corrected chi connectivity index (χ2v) is 7.55. The quantitative estimate of drug-likeness (QED) is 0.374. The first-order valence-electron chi connectivity index (χ1n) is 10.6. The highest BCUT2D eigenvalue weighted by Gasteiger charge is 2.22. The fourth-order valence-electron chi connectivity index (χ4n) is 3.69. The lowest BCUT2D eigenvalue weighted by molar-refractivity contribution is -0.118. The molecule has 3 aromatic carbocycles. The number of benzene rings is 3. The van der Waals surface area contributed by atoms with E-state index in [0.29, 0.717) is 16.8 Å². The standard InChI is InChI=1S/C25H24FN5O2/c1-3-31-16(2)27-21-15-18(9-14-22(21)31)24(32)30-29-23(17-7-5-4-6-8-17)25(33)28-20-12-10-19(26)11-13-20/h4-15,23,29H,3H2,1-2H3,(H,28,33)(H,30,32). The van der Waals surface area contributed by atoms with Gasteiger partial charge in [0, 0.05) is 17.8 Å². The zero-order chi connectivity index (χ0) is 23.4. The number of hydrazine groups is 1. The number of hydrogen-bond acceptors (Lipinski definition) is 4. The van der Waals surface area contributed by atoms with E-state index >= 15 is 0 Å². The van der Waals surface area contributed by atoms with Crippen LogP contribution in [0.15, 0.2) is 72.8 Å². The molecule has 8 heteroatoms. The third kappa shape index (κ3) is 4.91. The summed E-state index contributed by atoms with van der Waals surface area (Å²) in [5.41, 5.74) is 8.67. The van der Waals surface area contributed by atoms with Crippen LogP contribution in [0.3, 0.4) is 0 Å². The van der Waals surface area contributed by atoms with Crippen LogP contribution in [0, 0.1) is 12.7 Å². The second-order valence-electron chi connectivity index (χ2n) is 7.55. The number of rotatable bonds is 7. The van der Waals surface area contributed by atoms with E-state index in [2.05, 4.69) is 25.7 Å². The summed E-state index contributed by atoms with van der Waals surface area (Å²) in [4.78, 5) is 30.3. The fourth-order valence-corrected chi connectivity index (χ4v) is 3.69. The third-order valence-corrected chi connectivity index (χ3v) is 5.35. The van der Waals surface area contributed by atoms with Gasteiger partial charge in [0.25, 0.3) is 5.91 Å². The molecule has 0 saturated carbocycles. The van der Waals surface area contributed by atoms with Crippen LogP contribution in [0.1, 0.15) is 34.7 Å². The molecule has 0 fully saturated rings. The molecule has 2 amide bonds. The lowest BCUT2D eigenvalue weighted by Gasteiger charge is -2.19. The first-order chi connectivity index (χ1) is 16.0. The number of carbonyl (C=O) groups excluding carboxylic acids is 2. The van der Waals surface area contributed by atoms with Gasteiger partial charge in [0.2, 0.25) is 5.91 Å². The minimum atomic E-state index is -0.870. The molecule has 33 heavy (non-hydrogen) atoms. The van der Waals surface area contributed by atoms with Crippen LogP contribution in [0.5, 0.6) is 0 Å². The largest absolute Gasteiger partial charge is 0.329 e. The molecule has 4 aromatic rings. The van der Waals surface area contributed by atoms with Crippen molar-refractivity contribution in [2.45, 2.75) is 26.4 Å². The molecule has 1 unspecified atom stereocenters. The fraction of sp³-hybridized carbons (Fsp3) is 0.160. The highest BCUT2D eigenvalue weighted by molar-refractivity contribution is 5.98. The van der Waals surface area contributed by atoms with Crippen LogP contribution in [0.2, 0.25) is 0 Å². The summed E-state index contributed by atoms with van der Waals surface area (Å²) >= 11 is 0. The summed E-state index contributed by atoms with van der Waals surface area (Å²) < 4.78 is 15.3. The van der Waals surface area contributed by atoms with Crippen LogP contribution < -0.4 is 16.2 Å². The van der Waals surface area contributed by atoms with E-state index in [1.807, 2.05) is 26.0 Å². The van der Waals surface area contributed by atoms with Crippen LogP contribution in [0.4, 0.5) is 10.1 Å². The Morgan fingerprint density at radius 2 is 1.76 bits per heavy atom. The number of nitrogens with one attached hydrogen (secondary N) is 3. The molecule has 0 aliphatic heterocycles. The number of amides is 2. The number of nitrogens with zero attached hydrogens (tertiary/aromatic N) is 2. The van der Waals surface area contributed by atoms with E-state index in [0.717, 1.165) is 23.4 Å². The maximum atomic E-state index is 13.2. The van der Waals surface area contributed by atoms with E-state index in [4.69, 9.17) is 0 Å². The van der Waals surface area contributed by atoms with Crippen LogP contribution in [0.25, 0.3) is 11.0 Å². The van der Waals surface area contributed by atoms with Crippen molar-refractivity contribution >= 4 is 28.5 Å². The summed E-state index contributed by atoms with van der Waals surface area (Å²) in [7, 11) is 0. The molecule has 3 N–H and O–H groups in total. The Balaban J connectivity index is 1.51. The monoisotopic (exact) mass is 445 g/mol. The van der Waals surface area contributed by atoms with Gasteiger partial charge in [0.15, 0.2) is 0 Å². The van der Waals surface area contributed by atoms with Crippen LogP contribution >= 0.6 is 0 Å². The summed E-state index contributed by atoms with van der Waals surface area (Å²) in [6.45, 7) is 4.76. The van der Waals surface area contributed by atoms with E-state index in [-0.39, 0.29) is 0 Å². The Morgan fingerprint density at radius 1 is 1.03 bits per heavy atom. The van der Waals surface area contributed by atoms with Crippen molar-refractivity contribution in [3.05, 3.63) is 95.6 Å². The number of aromatic nitrogens is 2. The van der Waals surface area contributed by atoms with Crippen molar-refractivity contribution in [3.63, 3.8) is 0 Å². The van der Waals surface area contributed by atoms with Gasteiger partial charge >= 0.3 is 0 Å². The molecule has 168 valence electrons. The number of aryl methyl sites for hydroxylation is 2. The minimum absolute atomic E-state index is 0.392. The van der Waals surface area contributed by atoms with Crippen molar-refractivity contribution in [1.29, 1.82) is 0 Å². The van der Waals surface area contributed by atoms with Gasteiger partial charge < -0.3 is 9.88 Å². The predicted octanol–water partition coefficient (Wildman–Crippen LogP) is 4.12. The Kier molecular flexibility index (Phi) is 6.46. The Hall–Kier alpha value is -4.04. The molecule has 0 aliphatic carbocycles. The minimum Gasteiger partial charge on any atom is -0.329 e. The molecule has 0 bridgehead atoms. The Labute approximate surface area is 190 Å². The number of halogens is 1. The molecule has 4 rings (SSSR count). The zero-order valence-corrected chi connectivity index (χ0v) is 18.3. The smallest absolute Gasteiger partial charge is 0.265 e. The van der Waals surface area contributed by atoms with Crippen molar-refractivity contribution < 1.29 is 14.0 Å². The van der Waals surface area contributed by atoms with Gasteiger partial charge in [0.05, 0.1) is 11.0 Å². The van der Waals surface area contributed by atoms with Crippen LogP contribution in [-0.4, -0.2) is 21.4 Å². The van der Waals surface area contributed by atoms with Crippen molar-refractivity contribution in [2.24, 2.45) is 0 Å². The van der Waals surface area contributed by atoms with E-state index < -0.39 is 23.7 Å². The van der Waals surface area contributed by atoms with Gasteiger partial charge in [-0.25, -0.2) is 14.8 Å². The maximum absolute atomic E-state index is 13.2. The number of carbonyl (C=O) groups is 2. The Morgan fingerprint density at radius 3 is 2.45 bits per heavy atom. The molecule has 0 spiro atoms. The topological polar surface area (TPSA) is 88.1 Å². The molecule has 0 saturated heterocycles. The Bertz CT molecular complexity index is 1290. The predicted molar refractivity (Wildman–Crippen MR) is 125 cm³/mol. The lowest BCUT2D eigenvalue weighted by Crippen LogP contribution is -2.44. The first kappa shape index (κ1) is 22.2. The van der Waals surface area contributed by atoms with Crippen molar-refractivity contribution in [1.82, 2.24) is 20.4 Å². The molecule has 1 heterocycles. The lowest BCUT2D eigenvalue weighted by atomic mass is 10.1. The average molecular weight is 445 g/mol. The zero-order valence-electron chi connectivity index (χ0n) is 18.3. The number of hydrogen-bond donors (Lipinski definition) is 3. The van der Waals surface area contributed by atoms with Gasteiger partial charge in [0.1, 0.15) is 17.7 Å². The maximum Gasteiger partial charge on any atom is 0.265 e. The molecule has 7 nitrogen and oxygen atoms in total.